The molecule has 2 rings (SSSR count). The van der Waals surface area contributed by atoms with Crippen molar-refractivity contribution in [2.75, 3.05) is 26.0 Å². The predicted octanol–water partition coefficient (Wildman–Crippen LogP) is 2.12. The molecule has 0 saturated carbocycles. The molecule has 2 N–H and O–H groups in total. The fraction of sp³-hybridized carbons (Fsp3) is 0.467. The highest BCUT2D eigenvalue weighted by Crippen LogP contribution is 2.23. The molecule has 1 atom stereocenters. The van der Waals surface area contributed by atoms with Crippen molar-refractivity contribution in [1.29, 1.82) is 0 Å². The Morgan fingerprint density at radius 3 is 2.81 bits per heavy atom. The topological polar surface area (TPSA) is 61.4 Å². The van der Waals surface area contributed by atoms with Gasteiger partial charge in [-0.25, -0.2) is 0 Å². The summed E-state index contributed by atoms with van der Waals surface area (Å²) in [4.78, 5) is 25.7. The number of nitrogens with zero attached hydrogens (tertiary/aromatic N) is 1. The molecular weight excluding hydrogens is 290 g/mol. The van der Waals surface area contributed by atoms with Crippen LogP contribution in [0.2, 0.25) is 5.02 Å². The summed E-state index contributed by atoms with van der Waals surface area (Å²) in [6.45, 7) is 0.958. The molecule has 1 unspecified atom stereocenters. The summed E-state index contributed by atoms with van der Waals surface area (Å²) in [5, 5.41) is 6.57. The normalized spacial score (nSPS) is 17.6. The predicted molar refractivity (Wildman–Crippen MR) is 83.7 cm³/mol. The van der Waals surface area contributed by atoms with Crippen molar-refractivity contribution in [2.24, 2.45) is 0 Å². The monoisotopic (exact) mass is 309 g/mol. The minimum absolute atomic E-state index is 0.107. The van der Waals surface area contributed by atoms with Gasteiger partial charge in [-0.15, -0.1) is 0 Å². The molecule has 0 aliphatic carbocycles. The van der Waals surface area contributed by atoms with Crippen molar-refractivity contribution in [3.05, 3.63) is 28.8 Å². The first-order valence-corrected chi connectivity index (χ1v) is 7.39. The van der Waals surface area contributed by atoms with Crippen molar-refractivity contribution in [2.45, 2.75) is 25.3 Å². The first-order valence-electron chi connectivity index (χ1n) is 7.02. The van der Waals surface area contributed by atoms with Crippen LogP contribution in [0, 0.1) is 0 Å². The zero-order valence-electron chi connectivity index (χ0n) is 12.3. The molecule has 1 aromatic carbocycles. The second-order valence-corrected chi connectivity index (χ2v) is 5.87. The van der Waals surface area contributed by atoms with Gasteiger partial charge in [-0.2, -0.15) is 0 Å². The van der Waals surface area contributed by atoms with Crippen LogP contribution in [-0.2, 0) is 4.79 Å². The van der Waals surface area contributed by atoms with Gasteiger partial charge in [0.25, 0.3) is 5.91 Å². The molecule has 0 bridgehead atoms. The Morgan fingerprint density at radius 1 is 1.43 bits per heavy atom. The molecule has 1 fully saturated rings. The molecule has 1 aliphatic heterocycles. The third-order valence-electron chi connectivity index (χ3n) is 3.49. The van der Waals surface area contributed by atoms with Crippen LogP contribution < -0.4 is 10.6 Å². The summed E-state index contributed by atoms with van der Waals surface area (Å²) in [5.74, 6) is -0.273. The van der Waals surface area contributed by atoms with Crippen LogP contribution in [0.3, 0.4) is 0 Å². The quantitative estimate of drug-likeness (QED) is 0.895. The van der Waals surface area contributed by atoms with Gasteiger partial charge in [0.05, 0.1) is 11.3 Å². The number of carbonyl (C=O) groups excluding carboxylic acids is 2. The highest BCUT2D eigenvalue weighted by atomic mass is 35.5. The van der Waals surface area contributed by atoms with Crippen LogP contribution in [0.1, 0.15) is 29.6 Å². The number of nitrogens with one attached hydrogen (secondary N) is 2. The van der Waals surface area contributed by atoms with Gasteiger partial charge in [-0.3, -0.25) is 9.59 Å². The maximum Gasteiger partial charge on any atom is 0.255 e. The maximum atomic E-state index is 12.1. The standard InChI is InChI=1S/C15H20ClN3O2/c1-19(2)15(21)12-6-5-10(16)8-13(12)18-14(20)9-11-4-3-7-17-11/h5-6,8,11,17H,3-4,7,9H2,1-2H3,(H,18,20). The average Bonchev–Trinajstić information content (AvgIpc) is 2.90. The van der Waals surface area contributed by atoms with E-state index in [1.165, 1.54) is 4.90 Å². The Kier molecular flexibility index (Phi) is 5.20. The largest absolute Gasteiger partial charge is 0.345 e. The maximum absolute atomic E-state index is 12.1. The Morgan fingerprint density at radius 2 is 2.19 bits per heavy atom. The Hall–Kier alpha value is -1.59. The van der Waals surface area contributed by atoms with Gasteiger partial charge in [0.15, 0.2) is 0 Å². The number of anilines is 1. The number of halogens is 1. The second kappa shape index (κ2) is 6.91. The molecule has 114 valence electrons. The van der Waals surface area contributed by atoms with Gasteiger partial charge >= 0.3 is 0 Å². The fourth-order valence-corrected chi connectivity index (χ4v) is 2.58. The number of hydrogen-bond donors (Lipinski definition) is 2. The molecular formula is C15H20ClN3O2. The summed E-state index contributed by atoms with van der Waals surface area (Å²) in [6.07, 6.45) is 2.51. The van der Waals surface area contributed by atoms with Gasteiger partial charge in [0.2, 0.25) is 5.91 Å². The number of carbonyl (C=O) groups is 2. The van der Waals surface area contributed by atoms with E-state index in [1.54, 1.807) is 32.3 Å². The minimum Gasteiger partial charge on any atom is -0.345 e. The highest BCUT2D eigenvalue weighted by Gasteiger charge is 2.20. The number of rotatable bonds is 4. The van der Waals surface area contributed by atoms with Gasteiger partial charge in [-0.05, 0) is 37.6 Å². The van der Waals surface area contributed by atoms with Crippen LogP contribution in [0.4, 0.5) is 5.69 Å². The van der Waals surface area contributed by atoms with E-state index < -0.39 is 0 Å². The number of amides is 2. The molecule has 21 heavy (non-hydrogen) atoms. The molecule has 0 radical (unpaired) electrons. The molecule has 0 spiro atoms. The van der Waals surface area contributed by atoms with Gasteiger partial charge in [0, 0.05) is 31.6 Å². The number of hydrogen-bond acceptors (Lipinski definition) is 3. The van der Waals surface area contributed by atoms with E-state index in [2.05, 4.69) is 10.6 Å². The number of benzene rings is 1. The lowest BCUT2D eigenvalue weighted by Gasteiger charge is -2.16. The van der Waals surface area contributed by atoms with Crippen molar-refractivity contribution >= 4 is 29.1 Å². The first kappa shape index (κ1) is 15.8. The van der Waals surface area contributed by atoms with Gasteiger partial charge in [-0.1, -0.05) is 11.6 Å². The van der Waals surface area contributed by atoms with Crippen molar-refractivity contribution < 1.29 is 9.59 Å². The van der Waals surface area contributed by atoms with Crippen LogP contribution in [0.25, 0.3) is 0 Å². The Bertz CT molecular complexity index is 540. The third-order valence-corrected chi connectivity index (χ3v) is 3.72. The summed E-state index contributed by atoms with van der Waals surface area (Å²) >= 11 is 5.97. The molecule has 1 saturated heterocycles. The zero-order valence-corrected chi connectivity index (χ0v) is 13.0. The average molecular weight is 310 g/mol. The molecule has 0 aromatic heterocycles. The Balaban J connectivity index is 2.12. The van der Waals surface area contributed by atoms with Crippen LogP contribution >= 0.6 is 11.6 Å². The van der Waals surface area contributed by atoms with Crippen molar-refractivity contribution in [1.82, 2.24) is 10.2 Å². The SMILES string of the molecule is CN(C)C(=O)c1ccc(Cl)cc1NC(=O)CC1CCCN1. The smallest absolute Gasteiger partial charge is 0.255 e. The van der Waals surface area contributed by atoms with Crippen LogP contribution in [0.5, 0.6) is 0 Å². The lowest BCUT2D eigenvalue weighted by molar-refractivity contribution is -0.116. The molecule has 2 amide bonds. The zero-order chi connectivity index (χ0) is 15.4. The van der Waals surface area contributed by atoms with E-state index in [0.29, 0.717) is 22.7 Å². The Labute approximate surface area is 129 Å². The summed E-state index contributed by atoms with van der Waals surface area (Å²) in [5.41, 5.74) is 0.904. The molecule has 6 heteroatoms. The van der Waals surface area contributed by atoms with E-state index >= 15 is 0 Å². The van der Waals surface area contributed by atoms with Crippen LogP contribution in [-0.4, -0.2) is 43.4 Å². The van der Waals surface area contributed by atoms with Crippen molar-refractivity contribution in [3.63, 3.8) is 0 Å². The highest BCUT2D eigenvalue weighted by molar-refractivity contribution is 6.31. The fourth-order valence-electron chi connectivity index (χ4n) is 2.40. The van der Waals surface area contributed by atoms with E-state index in [4.69, 9.17) is 11.6 Å². The van der Waals surface area contributed by atoms with Gasteiger partial charge < -0.3 is 15.5 Å². The van der Waals surface area contributed by atoms with E-state index in [1.807, 2.05) is 0 Å². The molecule has 1 aromatic rings. The first-order chi connectivity index (χ1) is 9.97. The summed E-state index contributed by atoms with van der Waals surface area (Å²) < 4.78 is 0. The lowest BCUT2D eigenvalue weighted by atomic mass is 10.1. The third kappa shape index (κ3) is 4.19. The summed E-state index contributed by atoms with van der Waals surface area (Å²) in [6, 6.07) is 5.11. The molecule has 1 aliphatic rings. The van der Waals surface area contributed by atoms with E-state index in [0.717, 1.165) is 19.4 Å². The van der Waals surface area contributed by atoms with E-state index in [9.17, 15) is 9.59 Å². The summed E-state index contributed by atoms with van der Waals surface area (Å²) in [7, 11) is 3.34. The minimum atomic E-state index is -0.166. The van der Waals surface area contributed by atoms with Crippen molar-refractivity contribution in [3.8, 4) is 0 Å². The van der Waals surface area contributed by atoms with Crippen LogP contribution in [0.15, 0.2) is 18.2 Å². The molecule has 1 heterocycles. The molecule has 5 nitrogen and oxygen atoms in total. The van der Waals surface area contributed by atoms with E-state index in [-0.39, 0.29) is 17.9 Å². The van der Waals surface area contributed by atoms with Gasteiger partial charge in [0.1, 0.15) is 0 Å². The second-order valence-electron chi connectivity index (χ2n) is 5.44. The lowest BCUT2D eigenvalue weighted by Crippen LogP contribution is -2.28.